The minimum absolute atomic E-state index is 0.0854. The molecule has 1 unspecified atom stereocenters. The first kappa shape index (κ1) is 23.8. The fraction of sp³-hybridized carbons (Fsp3) is 0.429. The largest absolute Gasteiger partial charge is 0.484 e. The SMILES string of the molecule is OC[C@H]1O[C@@H](c2ccc(Cl)c(Cc3ccc(OCC(F)(F)F)cc3)c2)[C@H](O)C(O)[C@@H]1O. The number of benzene rings is 2. The van der Waals surface area contributed by atoms with Crippen LogP contribution in [-0.4, -0.2) is 64.2 Å². The molecule has 1 fully saturated rings. The number of ether oxygens (including phenoxy) is 2. The van der Waals surface area contributed by atoms with Crippen molar-refractivity contribution < 1.29 is 43.1 Å². The summed E-state index contributed by atoms with van der Waals surface area (Å²) in [4.78, 5) is 0. The minimum atomic E-state index is -4.42. The van der Waals surface area contributed by atoms with Crippen LogP contribution in [0.1, 0.15) is 22.8 Å². The first-order valence-corrected chi connectivity index (χ1v) is 9.84. The molecule has 1 saturated heterocycles. The van der Waals surface area contributed by atoms with Crippen LogP contribution >= 0.6 is 11.6 Å². The van der Waals surface area contributed by atoms with Gasteiger partial charge in [0.25, 0.3) is 0 Å². The van der Waals surface area contributed by atoms with Crippen molar-refractivity contribution in [1.29, 1.82) is 0 Å². The van der Waals surface area contributed by atoms with Gasteiger partial charge in [0.2, 0.25) is 0 Å². The number of rotatable bonds is 6. The van der Waals surface area contributed by atoms with Crippen LogP contribution in [0.5, 0.6) is 5.75 Å². The van der Waals surface area contributed by atoms with Crippen LogP contribution in [0.15, 0.2) is 42.5 Å². The summed E-state index contributed by atoms with van der Waals surface area (Å²) in [7, 11) is 0. The van der Waals surface area contributed by atoms with Gasteiger partial charge in [0, 0.05) is 5.02 Å². The molecule has 2 aromatic carbocycles. The van der Waals surface area contributed by atoms with E-state index in [1.165, 1.54) is 12.1 Å². The highest BCUT2D eigenvalue weighted by Gasteiger charge is 2.44. The number of halogens is 4. The second-order valence-electron chi connectivity index (χ2n) is 7.32. The van der Waals surface area contributed by atoms with Crippen molar-refractivity contribution in [3.8, 4) is 5.75 Å². The van der Waals surface area contributed by atoms with E-state index in [1.54, 1.807) is 30.3 Å². The van der Waals surface area contributed by atoms with Crippen molar-refractivity contribution in [3.05, 3.63) is 64.2 Å². The zero-order chi connectivity index (χ0) is 22.8. The smallest absolute Gasteiger partial charge is 0.422 e. The van der Waals surface area contributed by atoms with Crippen LogP contribution in [0.3, 0.4) is 0 Å². The molecule has 31 heavy (non-hydrogen) atoms. The van der Waals surface area contributed by atoms with Gasteiger partial charge in [0.1, 0.15) is 36.3 Å². The first-order chi connectivity index (χ1) is 14.6. The lowest BCUT2D eigenvalue weighted by Gasteiger charge is -2.40. The third kappa shape index (κ3) is 5.88. The van der Waals surface area contributed by atoms with Gasteiger partial charge in [-0.05, 0) is 41.3 Å². The van der Waals surface area contributed by atoms with Crippen LogP contribution in [0.4, 0.5) is 13.2 Å². The fourth-order valence-electron chi connectivity index (χ4n) is 3.37. The van der Waals surface area contributed by atoms with E-state index >= 15 is 0 Å². The molecule has 4 N–H and O–H groups in total. The summed E-state index contributed by atoms with van der Waals surface area (Å²) in [6, 6.07) is 10.9. The predicted octanol–water partition coefficient (Wildman–Crippen LogP) is 2.39. The molecule has 0 radical (unpaired) electrons. The second-order valence-corrected chi connectivity index (χ2v) is 7.73. The zero-order valence-corrected chi connectivity index (χ0v) is 16.9. The van der Waals surface area contributed by atoms with Crippen molar-refractivity contribution in [1.82, 2.24) is 0 Å². The third-order valence-electron chi connectivity index (χ3n) is 5.01. The van der Waals surface area contributed by atoms with Crippen molar-refractivity contribution in [2.24, 2.45) is 0 Å². The van der Waals surface area contributed by atoms with E-state index in [2.05, 4.69) is 4.74 Å². The van der Waals surface area contributed by atoms with E-state index in [9.17, 15) is 33.6 Å². The van der Waals surface area contributed by atoms with E-state index < -0.39 is 49.9 Å². The van der Waals surface area contributed by atoms with E-state index in [1.807, 2.05) is 0 Å². The Hall–Kier alpha value is -1.88. The van der Waals surface area contributed by atoms with Crippen LogP contribution in [0.25, 0.3) is 0 Å². The maximum absolute atomic E-state index is 12.3. The topological polar surface area (TPSA) is 99.4 Å². The molecule has 0 bridgehead atoms. The molecule has 5 atom stereocenters. The molecule has 0 saturated carbocycles. The van der Waals surface area contributed by atoms with E-state index in [4.69, 9.17) is 16.3 Å². The maximum Gasteiger partial charge on any atom is 0.422 e. The summed E-state index contributed by atoms with van der Waals surface area (Å²) in [5.41, 5.74) is 1.90. The molecule has 170 valence electrons. The maximum atomic E-state index is 12.3. The molecule has 2 aromatic rings. The molecule has 0 aromatic heterocycles. The predicted molar refractivity (Wildman–Crippen MR) is 105 cm³/mol. The van der Waals surface area contributed by atoms with Gasteiger partial charge < -0.3 is 29.9 Å². The number of hydrogen-bond acceptors (Lipinski definition) is 6. The minimum Gasteiger partial charge on any atom is -0.484 e. The molecule has 0 aliphatic carbocycles. The summed E-state index contributed by atoms with van der Waals surface area (Å²) < 4.78 is 47.0. The molecule has 3 rings (SSSR count). The highest BCUT2D eigenvalue weighted by Crippen LogP contribution is 2.34. The van der Waals surface area contributed by atoms with Gasteiger partial charge in [-0.25, -0.2) is 0 Å². The quantitative estimate of drug-likeness (QED) is 0.526. The van der Waals surface area contributed by atoms with Gasteiger partial charge >= 0.3 is 6.18 Å². The molecule has 10 heteroatoms. The fourth-order valence-corrected chi connectivity index (χ4v) is 3.56. The lowest BCUT2D eigenvalue weighted by atomic mass is 9.90. The highest BCUT2D eigenvalue weighted by molar-refractivity contribution is 6.31. The summed E-state index contributed by atoms with van der Waals surface area (Å²) in [5, 5.41) is 40.0. The molecule has 0 spiro atoms. The van der Waals surface area contributed by atoms with Crippen molar-refractivity contribution >= 4 is 11.6 Å². The molecular weight excluding hydrogens is 441 g/mol. The molecule has 6 nitrogen and oxygen atoms in total. The van der Waals surface area contributed by atoms with E-state index in [-0.39, 0.29) is 5.75 Å². The van der Waals surface area contributed by atoms with Crippen molar-refractivity contribution in [2.75, 3.05) is 13.2 Å². The average molecular weight is 463 g/mol. The average Bonchev–Trinajstić information content (AvgIpc) is 2.73. The Morgan fingerprint density at radius 1 is 0.968 bits per heavy atom. The van der Waals surface area contributed by atoms with Crippen LogP contribution in [0.2, 0.25) is 5.02 Å². The summed E-state index contributed by atoms with van der Waals surface area (Å²) in [6.07, 6.45) is -10.5. The van der Waals surface area contributed by atoms with Gasteiger partial charge in [-0.15, -0.1) is 0 Å². The van der Waals surface area contributed by atoms with Crippen LogP contribution in [-0.2, 0) is 11.2 Å². The Labute approximate surface area is 181 Å². The van der Waals surface area contributed by atoms with Gasteiger partial charge in [-0.1, -0.05) is 35.9 Å². The van der Waals surface area contributed by atoms with Crippen LogP contribution < -0.4 is 4.74 Å². The number of aliphatic hydroxyl groups is 4. The lowest BCUT2D eigenvalue weighted by molar-refractivity contribution is -0.231. The Balaban J connectivity index is 1.75. The summed E-state index contributed by atoms with van der Waals surface area (Å²) in [5.74, 6) is 0.0854. The third-order valence-corrected chi connectivity index (χ3v) is 5.38. The molecule has 1 heterocycles. The summed E-state index contributed by atoms with van der Waals surface area (Å²) >= 11 is 6.28. The number of hydrogen-bond donors (Lipinski definition) is 4. The van der Waals surface area contributed by atoms with E-state index in [0.717, 1.165) is 5.56 Å². The van der Waals surface area contributed by atoms with Gasteiger partial charge in [0.05, 0.1) is 6.61 Å². The zero-order valence-electron chi connectivity index (χ0n) is 16.2. The Morgan fingerprint density at radius 3 is 2.26 bits per heavy atom. The number of alkyl halides is 3. The van der Waals surface area contributed by atoms with E-state index in [0.29, 0.717) is 22.6 Å². The lowest BCUT2D eigenvalue weighted by Crippen LogP contribution is -2.55. The number of aliphatic hydroxyl groups excluding tert-OH is 4. The van der Waals surface area contributed by atoms with Crippen molar-refractivity contribution in [3.63, 3.8) is 0 Å². The second kappa shape index (κ2) is 9.72. The van der Waals surface area contributed by atoms with Gasteiger partial charge in [0.15, 0.2) is 6.61 Å². The monoisotopic (exact) mass is 462 g/mol. The highest BCUT2D eigenvalue weighted by atomic mass is 35.5. The van der Waals surface area contributed by atoms with Crippen molar-refractivity contribution in [2.45, 2.75) is 43.1 Å². The standard InChI is InChI=1S/C21H22ClF3O6/c22-15-6-3-12(20-19(29)18(28)17(27)16(9-26)31-20)8-13(15)7-11-1-4-14(5-2-11)30-10-21(23,24)25/h1-6,8,16-20,26-29H,7,9-10H2/t16-,17-,18?,19-,20+/m1/s1. The Bertz CT molecular complexity index is 874. The molecule has 1 aliphatic rings. The Morgan fingerprint density at radius 2 is 1.65 bits per heavy atom. The van der Waals surface area contributed by atoms with Gasteiger partial charge in [-0.3, -0.25) is 0 Å². The normalized spacial score (nSPS) is 26.6. The van der Waals surface area contributed by atoms with Crippen LogP contribution in [0, 0.1) is 0 Å². The van der Waals surface area contributed by atoms with Gasteiger partial charge in [-0.2, -0.15) is 13.2 Å². The summed E-state index contributed by atoms with van der Waals surface area (Å²) in [6.45, 7) is -1.91. The molecule has 0 amide bonds. The molecule has 1 aliphatic heterocycles. The first-order valence-electron chi connectivity index (χ1n) is 9.46. The molecular formula is C21H22ClF3O6. The Kier molecular flexibility index (Phi) is 7.46.